The van der Waals surface area contributed by atoms with Gasteiger partial charge in [0, 0.05) is 11.3 Å². The number of rotatable bonds is 6. The van der Waals surface area contributed by atoms with Gasteiger partial charge in [0.05, 0.1) is 18.8 Å². The van der Waals surface area contributed by atoms with E-state index in [-0.39, 0.29) is 24.1 Å². The molecule has 4 rings (SSSR count). The molecule has 0 atom stereocenters. The first-order valence-corrected chi connectivity index (χ1v) is 9.02. The third-order valence-electron chi connectivity index (χ3n) is 4.35. The monoisotopic (exact) mass is 394 g/mol. The lowest BCUT2D eigenvalue weighted by atomic mass is 10.2. The first-order chi connectivity index (χ1) is 14.0. The predicted molar refractivity (Wildman–Crippen MR) is 103 cm³/mol. The van der Waals surface area contributed by atoms with Gasteiger partial charge < -0.3 is 4.42 Å². The molecule has 0 unspecified atom stereocenters. The van der Waals surface area contributed by atoms with Gasteiger partial charge in [0.1, 0.15) is 17.9 Å². The van der Waals surface area contributed by atoms with E-state index >= 15 is 0 Å². The Morgan fingerprint density at radius 3 is 2.72 bits per heavy atom. The summed E-state index contributed by atoms with van der Waals surface area (Å²) in [6.07, 6.45) is 1.43. The number of hydrogen-bond acceptors (Lipinski definition) is 5. The topological polar surface area (TPSA) is 90.8 Å². The molecule has 8 nitrogen and oxygen atoms in total. The van der Waals surface area contributed by atoms with E-state index < -0.39 is 5.91 Å². The van der Waals surface area contributed by atoms with Crippen molar-refractivity contribution in [1.82, 2.24) is 24.5 Å². The summed E-state index contributed by atoms with van der Waals surface area (Å²) in [4.78, 5) is 16.4. The lowest BCUT2D eigenvalue weighted by Gasteiger charge is -2.02. The molecule has 3 aromatic heterocycles. The number of carbonyl (C=O) groups excluding carboxylic acids is 1. The van der Waals surface area contributed by atoms with Gasteiger partial charge in [0.15, 0.2) is 5.76 Å². The van der Waals surface area contributed by atoms with Crippen LogP contribution in [-0.4, -0.2) is 30.5 Å². The number of anilines is 1. The van der Waals surface area contributed by atoms with Crippen LogP contribution in [0.25, 0.3) is 0 Å². The number of halogens is 1. The molecule has 0 spiro atoms. The third kappa shape index (κ3) is 4.23. The van der Waals surface area contributed by atoms with E-state index in [1.807, 2.05) is 24.6 Å². The maximum absolute atomic E-state index is 13.7. The van der Waals surface area contributed by atoms with Crippen molar-refractivity contribution in [2.75, 3.05) is 5.32 Å². The molecule has 0 radical (unpaired) electrons. The molecule has 1 N–H and O–H groups in total. The number of benzene rings is 1. The molecule has 0 saturated carbocycles. The van der Waals surface area contributed by atoms with Crippen LogP contribution in [0, 0.1) is 19.7 Å². The van der Waals surface area contributed by atoms with Gasteiger partial charge in [-0.2, -0.15) is 5.10 Å². The number of aryl methyl sites for hydroxylation is 2. The predicted octanol–water partition coefficient (Wildman–Crippen LogP) is 3.17. The van der Waals surface area contributed by atoms with Gasteiger partial charge in [-0.3, -0.25) is 14.8 Å². The molecule has 148 valence electrons. The van der Waals surface area contributed by atoms with Crippen LogP contribution in [-0.2, 0) is 13.1 Å². The molecule has 1 amide bonds. The Balaban J connectivity index is 1.40. The summed E-state index contributed by atoms with van der Waals surface area (Å²) < 4.78 is 22.6. The quantitative estimate of drug-likeness (QED) is 0.542. The number of aromatic nitrogens is 5. The summed E-state index contributed by atoms with van der Waals surface area (Å²) in [5, 5.41) is 11.1. The standard InChI is InChI=1S/C20H19FN6O2/c1-13-9-14(2)27(24-13)11-16-7-8-18(29-16)19(28)23-20-22-12-26(25-20)10-15-5-3-4-6-17(15)21/h3-9,12H,10-11H2,1-2H3,(H,23,25,28). The maximum Gasteiger partial charge on any atom is 0.293 e. The summed E-state index contributed by atoms with van der Waals surface area (Å²) in [7, 11) is 0. The molecule has 0 aliphatic rings. The number of hydrogen-bond donors (Lipinski definition) is 1. The average Bonchev–Trinajstić information content (AvgIpc) is 3.39. The maximum atomic E-state index is 13.7. The zero-order valence-corrected chi connectivity index (χ0v) is 16.0. The van der Waals surface area contributed by atoms with Gasteiger partial charge >= 0.3 is 0 Å². The van der Waals surface area contributed by atoms with Crippen molar-refractivity contribution in [3.05, 3.63) is 83.1 Å². The van der Waals surface area contributed by atoms with Gasteiger partial charge in [-0.05, 0) is 38.1 Å². The Bertz CT molecular complexity index is 1160. The van der Waals surface area contributed by atoms with Crippen molar-refractivity contribution in [1.29, 1.82) is 0 Å². The smallest absolute Gasteiger partial charge is 0.293 e. The van der Waals surface area contributed by atoms with Gasteiger partial charge in [0.25, 0.3) is 5.91 Å². The minimum atomic E-state index is -0.465. The Morgan fingerprint density at radius 1 is 1.14 bits per heavy atom. The van der Waals surface area contributed by atoms with Crippen LogP contribution in [0.5, 0.6) is 0 Å². The Morgan fingerprint density at radius 2 is 1.97 bits per heavy atom. The molecule has 1 aromatic carbocycles. The number of carbonyl (C=O) groups is 1. The Labute approximate surface area is 166 Å². The van der Waals surface area contributed by atoms with Gasteiger partial charge in [-0.25, -0.2) is 14.1 Å². The van der Waals surface area contributed by atoms with E-state index in [9.17, 15) is 9.18 Å². The normalized spacial score (nSPS) is 11.0. The van der Waals surface area contributed by atoms with Gasteiger partial charge in [-0.1, -0.05) is 18.2 Å². The molecule has 0 saturated heterocycles. The highest BCUT2D eigenvalue weighted by Gasteiger charge is 2.15. The van der Waals surface area contributed by atoms with Crippen LogP contribution >= 0.6 is 0 Å². The highest BCUT2D eigenvalue weighted by Crippen LogP contribution is 2.13. The van der Waals surface area contributed by atoms with Gasteiger partial charge in [-0.15, -0.1) is 5.10 Å². The van der Waals surface area contributed by atoms with Crippen molar-refractivity contribution in [2.24, 2.45) is 0 Å². The second kappa shape index (κ2) is 7.70. The van der Waals surface area contributed by atoms with E-state index in [1.54, 1.807) is 30.3 Å². The number of nitrogens with zero attached hydrogens (tertiary/aromatic N) is 5. The van der Waals surface area contributed by atoms with Crippen LogP contribution in [0.2, 0.25) is 0 Å². The molecule has 0 bridgehead atoms. The zero-order chi connectivity index (χ0) is 20.4. The Kier molecular flexibility index (Phi) is 4.94. The summed E-state index contributed by atoms with van der Waals surface area (Å²) >= 11 is 0. The zero-order valence-electron chi connectivity index (χ0n) is 16.0. The summed E-state index contributed by atoms with van der Waals surface area (Å²) in [5.74, 6) is 0.0850. The molecule has 29 heavy (non-hydrogen) atoms. The average molecular weight is 394 g/mol. The first-order valence-electron chi connectivity index (χ1n) is 9.02. The highest BCUT2D eigenvalue weighted by molar-refractivity contribution is 6.01. The van der Waals surface area contributed by atoms with Crippen LogP contribution < -0.4 is 5.32 Å². The number of amides is 1. The number of furan rings is 1. The van der Waals surface area contributed by atoms with Crippen molar-refractivity contribution in [3.8, 4) is 0 Å². The molecule has 3 heterocycles. The van der Waals surface area contributed by atoms with Crippen LogP contribution in [0.4, 0.5) is 10.3 Å². The van der Waals surface area contributed by atoms with E-state index in [1.165, 1.54) is 17.1 Å². The van der Waals surface area contributed by atoms with E-state index in [2.05, 4.69) is 20.5 Å². The van der Waals surface area contributed by atoms with Crippen molar-refractivity contribution >= 4 is 11.9 Å². The van der Waals surface area contributed by atoms with Crippen LogP contribution in [0.3, 0.4) is 0 Å². The Hall–Kier alpha value is -3.75. The lowest BCUT2D eigenvalue weighted by Crippen LogP contribution is -2.13. The second-order valence-corrected chi connectivity index (χ2v) is 6.66. The largest absolute Gasteiger partial charge is 0.454 e. The molecule has 0 aliphatic heterocycles. The minimum absolute atomic E-state index is 0.114. The SMILES string of the molecule is Cc1cc(C)n(Cc2ccc(C(=O)Nc3ncn(Cc4ccccc4F)n3)o2)n1. The van der Waals surface area contributed by atoms with E-state index in [0.29, 0.717) is 17.9 Å². The van der Waals surface area contributed by atoms with E-state index in [0.717, 1.165) is 11.4 Å². The summed E-state index contributed by atoms with van der Waals surface area (Å²) in [6, 6.07) is 11.7. The van der Waals surface area contributed by atoms with Crippen molar-refractivity contribution in [3.63, 3.8) is 0 Å². The molecular weight excluding hydrogens is 375 g/mol. The van der Waals surface area contributed by atoms with Crippen molar-refractivity contribution < 1.29 is 13.6 Å². The molecular formula is C20H19FN6O2. The minimum Gasteiger partial charge on any atom is -0.454 e. The first kappa shape index (κ1) is 18.6. The van der Waals surface area contributed by atoms with Crippen LogP contribution in [0.15, 0.2) is 53.2 Å². The third-order valence-corrected chi connectivity index (χ3v) is 4.35. The fraction of sp³-hybridized carbons (Fsp3) is 0.200. The van der Waals surface area contributed by atoms with Crippen molar-refractivity contribution in [2.45, 2.75) is 26.9 Å². The summed E-state index contributed by atoms with van der Waals surface area (Å²) in [5.41, 5.74) is 2.41. The molecule has 0 fully saturated rings. The second-order valence-electron chi connectivity index (χ2n) is 6.66. The fourth-order valence-corrected chi connectivity index (χ4v) is 2.96. The number of nitrogens with one attached hydrogen (secondary N) is 1. The molecule has 0 aliphatic carbocycles. The fourth-order valence-electron chi connectivity index (χ4n) is 2.96. The highest BCUT2D eigenvalue weighted by atomic mass is 19.1. The van der Waals surface area contributed by atoms with Crippen LogP contribution in [0.1, 0.15) is 33.3 Å². The molecule has 9 heteroatoms. The van der Waals surface area contributed by atoms with Gasteiger partial charge in [0.2, 0.25) is 5.95 Å². The van der Waals surface area contributed by atoms with E-state index in [4.69, 9.17) is 4.42 Å². The molecule has 4 aromatic rings. The lowest BCUT2D eigenvalue weighted by molar-refractivity contribution is 0.0993. The summed E-state index contributed by atoms with van der Waals surface area (Å²) in [6.45, 7) is 4.52.